The molecule has 0 aliphatic carbocycles. The SMILES string of the molecule is CCOC1C(NC(=O)CN(C)C(=O)C(CCCN=C(N)N)NS(=O)(=O)c2ccccc2C(=O)OC)CCCN1C(=N)N. The quantitative estimate of drug-likeness (QED) is 0.0609. The second kappa shape index (κ2) is 15.9. The number of nitrogens with two attached hydrogens (primary N) is 3. The molecule has 0 aromatic heterocycles. The Morgan fingerprint density at radius 2 is 1.93 bits per heavy atom. The zero-order valence-corrected chi connectivity index (χ0v) is 24.9. The van der Waals surface area contributed by atoms with E-state index in [1.54, 1.807) is 11.8 Å². The summed E-state index contributed by atoms with van der Waals surface area (Å²) < 4.78 is 39.5. The lowest BCUT2D eigenvalue weighted by molar-refractivity contribution is -0.137. The molecule has 1 aromatic rings. The Balaban J connectivity index is 2.22. The first-order valence-corrected chi connectivity index (χ1v) is 14.8. The van der Waals surface area contributed by atoms with E-state index in [-0.39, 0.29) is 48.3 Å². The number of piperidine rings is 1. The topological polar surface area (TPSA) is 249 Å². The van der Waals surface area contributed by atoms with Crippen LogP contribution in [-0.2, 0) is 29.1 Å². The summed E-state index contributed by atoms with van der Waals surface area (Å²) in [7, 11) is -1.91. The predicted octanol–water partition coefficient (Wildman–Crippen LogP) is -1.53. The van der Waals surface area contributed by atoms with Crippen LogP contribution in [0.3, 0.4) is 0 Å². The van der Waals surface area contributed by atoms with Crippen molar-refractivity contribution in [3.63, 3.8) is 0 Å². The van der Waals surface area contributed by atoms with Crippen molar-refractivity contribution in [2.45, 2.75) is 55.8 Å². The number of carbonyl (C=O) groups is 3. The largest absolute Gasteiger partial charge is 0.465 e. The molecule has 17 heteroatoms. The summed E-state index contributed by atoms with van der Waals surface area (Å²) in [5.74, 6) is -2.40. The number of sulfonamides is 1. The van der Waals surface area contributed by atoms with Gasteiger partial charge in [-0.25, -0.2) is 13.2 Å². The van der Waals surface area contributed by atoms with E-state index in [9.17, 15) is 22.8 Å². The summed E-state index contributed by atoms with van der Waals surface area (Å²) in [5, 5.41) is 10.7. The lowest BCUT2D eigenvalue weighted by Crippen LogP contribution is -2.60. The van der Waals surface area contributed by atoms with Crippen molar-refractivity contribution in [1.82, 2.24) is 19.8 Å². The molecule has 0 spiro atoms. The van der Waals surface area contributed by atoms with E-state index in [1.165, 1.54) is 31.3 Å². The number of aliphatic imine (C=N–C) groups is 1. The summed E-state index contributed by atoms with van der Waals surface area (Å²) in [4.78, 5) is 44.8. The molecule has 1 aliphatic heterocycles. The molecule has 2 amide bonds. The van der Waals surface area contributed by atoms with Crippen molar-refractivity contribution in [2.24, 2.45) is 22.2 Å². The maximum Gasteiger partial charge on any atom is 0.339 e. The van der Waals surface area contributed by atoms with E-state index < -0.39 is 46.1 Å². The number of guanidine groups is 2. The minimum atomic E-state index is -4.39. The smallest absolute Gasteiger partial charge is 0.339 e. The van der Waals surface area contributed by atoms with Crippen LogP contribution in [0.4, 0.5) is 0 Å². The first-order valence-electron chi connectivity index (χ1n) is 13.3. The Hall–Kier alpha value is -3.96. The van der Waals surface area contributed by atoms with E-state index in [0.29, 0.717) is 26.0 Å². The normalized spacial score (nSPS) is 17.5. The van der Waals surface area contributed by atoms with Crippen LogP contribution in [0.25, 0.3) is 0 Å². The molecule has 1 fully saturated rings. The van der Waals surface area contributed by atoms with Crippen LogP contribution in [0.1, 0.15) is 43.0 Å². The molecule has 9 N–H and O–H groups in total. The molecular formula is C25H41N9O7S. The number of methoxy groups -OCH3 is 1. The van der Waals surface area contributed by atoms with Crippen molar-refractivity contribution in [3.8, 4) is 0 Å². The molecule has 16 nitrogen and oxygen atoms in total. The van der Waals surface area contributed by atoms with E-state index >= 15 is 0 Å². The number of ether oxygens (including phenoxy) is 2. The molecule has 1 saturated heterocycles. The number of hydrogen-bond acceptors (Lipinski definition) is 9. The Morgan fingerprint density at radius 1 is 1.24 bits per heavy atom. The maximum atomic E-state index is 13.5. The van der Waals surface area contributed by atoms with Crippen molar-refractivity contribution < 1.29 is 32.3 Å². The maximum absolute atomic E-state index is 13.5. The standard InChI is InChI=1S/C25H41N9O7S/c1-4-41-22-18(11-8-14-34(22)25(28)29)31-20(35)15-33(2)21(36)17(10-7-13-30-24(26)27)32-42(38,39)19-12-6-5-9-16(19)23(37)40-3/h5-6,9,12,17-18,22,32H,4,7-8,10-11,13-15H2,1-3H3,(H3,28,29)(H,31,35)(H4,26,27,30). The highest BCUT2D eigenvalue weighted by Gasteiger charge is 2.35. The molecule has 1 aliphatic rings. The van der Waals surface area contributed by atoms with Gasteiger partial charge in [0, 0.05) is 26.7 Å². The fourth-order valence-electron chi connectivity index (χ4n) is 4.52. The van der Waals surface area contributed by atoms with E-state index in [1.807, 2.05) is 0 Å². The second-order valence-corrected chi connectivity index (χ2v) is 11.2. The highest BCUT2D eigenvalue weighted by molar-refractivity contribution is 7.89. The minimum Gasteiger partial charge on any atom is -0.465 e. The Labute approximate surface area is 245 Å². The van der Waals surface area contributed by atoms with Crippen LogP contribution in [0, 0.1) is 5.41 Å². The van der Waals surface area contributed by atoms with Gasteiger partial charge in [-0.15, -0.1) is 0 Å². The zero-order chi connectivity index (χ0) is 31.4. The first kappa shape index (κ1) is 34.2. The van der Waals surface area contributed by atoms with Gasteiger partial charge < -0.3 is 41.8 Å². The van der Waals surface area contributed by atoms with Crippen LogP contribution in [0.2, 0.25) is 0 Å². The number of esters is 1. The van der Waals surface area contributed by atoms with E-state index in [4.69, 9.17) is 32.1 Å². The zero-order valence-electron chi connectivity index (χ0n) is 24.0. The number of likely N-dealkylation sites (N-methyl/N-ethyl adjacent to an activating group) is 1. The number of benzene rings is 1. The van der Waals surface area contributed by atoms with Crippen LogP contribution in [0.5, 0.6) is 0 Å². The summed E-state index contributed by atoms with van der Waals surface area (Å²) in [6, 6.07) is 3.62. The number of carbonyl (C=O) groups excluding carboxylic acids is 3. The molecule has 0 radical (unpaired) electrons. The molecule has 0 saturated carbocycles. The number of nitrogens with zero attached hydrogens (tertiary/aromatic N) is 3. The third-order valence-electron chi connectivity index (χ3n) is 6.44. The van der Waals surface area contributed by atoms with Gasteiger partial charge in [0.15, 0.2) is 18.1 Å². The Kier molecular flexibility index (Phi) is 12.9. The van der Waals surface area contributed by atoms with Gasteiger partial charge in [0.25, 0.3) is 0 Å². The van der Waals surface area contributed by atoms with Crippen LogP contribution in [0.15, 0.2) is 34.2 Å². The van der Waals surface area contributed by atoms with Gasteiger partial charge in [-0.2, -0.15) is 4.72 Å². The van der Waals surface area contributed by atoms with E-state index in [2.05, 4.69) is 15.0 Å². The van der Waals surface area contributed by atoms with Gasteiger partial charge >= 0.3 is 5.97 Å². The lowest BCUT2D eigenvalue weighted by Gasteiger charge is -2.41. The van der Waals surface area contributed by atoms with Gasteiger partial charge in [-0.1, -0.05) is 12.1 Å². The van der Waals surface area contributed by atoms with Crippen LogP contribution in [-0.4, -0.2) is 107 Å². The minimum absolute atomic E-state index is 0.0101. The summed E-state index contributed by atoms with van der Waals surface area (Å²) in [6.07, 6.45) is 0.814. The summed E-state index contributed by atoms with van der Waals surface area (Å²) in [5.41, 5.74) is 16.2. The average Bonchev–Trinajstić information content (AvgIpc) is 2.94. The van der Waals surface area contributed by atoms with Gasteiger partial charge in [0.05, 0.1) is 30.2 Å². The molecular weight excluding hydrogens is 570 g/mol. The molecule has 3 atom stereocenters. The average molecular weight is 612 g/mol. The number of nitrogens with one attached hydrogen (secondary N) is 3. The second-order valence-electron chi connectivity index (χ2n) is 9.55. The molecule has 42 heavy (non-hydrogen) atoms. The fourth-order valence-corrected chi connectivity index (χ4v) is 5.94. The molecule has 1 aromatic carbocycles. The Morgan fingerprint density at radius 3 is 2.55 bits per heavy atom. The van der Waals surface area contributed by atoms with Gasteiger partial charge in [-0.3, -0.25) is 20.0 Å². The lowest BCUT2D eigenvalue weighted by atomic mass is 10.0. The van der Waals surface area contributed by atoms with Crippen molar-refractivity contribution in [2.75, 3.05) is 40.4 Å². The highest BCUT2D eigenvalue weighted by atomic mass is 32.2. The van der Waals surface area contributed by atoms with Gasteiger partial charge in [0.2, 0.25) is 21.8 Å². The van der Waals surface area contributed by atoms with Gasteiger partial charge in [-0.05, 0) is 44.7 Å². The summed E-state index contributed by atoms with van der Waals surface area (Å²) >= 11 is 0. The molecule has 1 heterocycles. The monoisotopic (exact) mass is 611 g/mol. The Bertz CT molecular complexity index is 1250. The van der Waals surface area contributed by atoms with Crippen LogP contribution >= 0.6 is 0 Å². The number of hydrogen-bond donors (Lipinski definition) is 6. The third-order valence-corrected chi connectivity index (χ3v) is 7.97. The molecule has 0 bridgehead atoms. The predicted molar refractivity (Wildman–Crippen MR) is 155 cm³/mol. The first-order chi connectivity index (χ1) is 19.8. The molecule has 2 rings (SSSR count). The number of likely N-dealkylation sites (tertiary alicyclic amines) is 1. The van der Waals surface area contributed by atoms with Crippen LogP contribution < -0.4 is 27.2 Å². The van der Waals surface area contributed by atoms with Crippen molar-refractivity contribution in [1.29, 1.82) is 5.41 Å². The molecule has 3 unspecified atom stereocenters. The number of rotatable bonds is 14. The van der Waals surface area contributed by atoms with Crippen molar-refractivity contribution >= 4 is 39.7 Å². The van der Waals surface area contributed by atoms with Crippen molar-refractivity contribution in [3.05, 3.63) is 29.8 Å². The van der Waals surface area contributed by atoms with E-state index in [0.717, 1.165) is 12.0 Å². The fraction of sp³-hybridized carbons (Fsp3) is 0.560. The summed E-state index contributed by atoms with van der Waals surface area (Å²) in [6.45, 7) is 2.37. The van der Waals surface area contributed by atoms with Gasteiger partial charge in [0.1, 0.15) is 6.04 Å². The molecule has 234 valence electrons. The number of amides is 2. The highest BCUT2D eigenvalue weighted by Crippen LogP contribution is 2.20. The third kappa shape index (κ3) is 9.56.